The smallest absolute Gasteiger partial charge is 1.00 e. The Morgan fingerprint density at radius 3 is 2.86 bits per heavy atom. The molecule has 1 heterocycles. The molecular weight excluding hydrogens is 123 g/mol. The normalized spacial score (nSPS) is 7.43. The van der Waals surface area contributed by atoms with Crippen molar-refractivity contribution in [2.45, 2.75) is 0 Å². The average Bonchev–Trinajstić information content (AvgIpc) is 1.86. The predicted octanol–water partition coefficient (Wildman–Crippen LogP) is -3.52. The van der Waals surface area contributed by atoms with Crippen LogP contribution in [0.5, 0.6) is 0 Å². The Balaban J connectivity index is 0. The third-order valence-corrected chi connectivity index (χ3v) is 0.368. The first kappa shape index (κ1) is 7.58. The molecule has 0 aliphatic rings. The molecule has 5 heteroatoms. The van der Waals surface area contributed by atoms with Crippen LogP contribution in [0.3, 0.4) is 0 Å². The first-order chi connectivity index (χ1) is 2.89. The Bertz CT molecular complexity index is 156. The molecule has 0 aliphatic carbocycles. The van der Waals surface area contributed by atoms with Crippen LogP contribution >= 0.6 is 0 Å². The summed E-state index contributed by atoms with van der Waals surface area (Å²) in [5.41, 5.74) is 0. The molecule has 0 aromatic carbocycles. The number of nitrogens with one attached hydrogen (secondary N) is 1. The number of hydrogen-bond donors (Lipinski definition) is 1. The summed E-state index contributed by atoms with van der Waals surface area (Å²) in [7, 11) is 0. The van der Waals surface area contributed by atoms with E-state index in [0.29, 0.717) is 0 Å². The third-order valence-electron chi connectivity index (χ3n) is 0.368. The molecule has 1 N–H and O–H groups in total. The second kappa shape index (κ2) is 3.56. The van der Waals surface area contributed by atoms with E-state index in [9.17, 15) is 4.79 Å². The van der Waals surface area contributed by atoms with Gasteiger partial charge in [0.2, 0.25) is 6.39 Å². The zero-order valence-corrected chi connectivity index (χ0v) is 6.96. The van der Waals surface area contributed by atoms with E-state index in [1.807, 2.05) is 5.10 Å². The Morgan fingerprint density at radius 1 is 2.00 bits per heavy atom. The van der Waals surface area contributed by atoms with E-state index >= 15 is 0 Å². The van der Waals surface area contributed by atoms with E-state index in [-0.39, 0.29) is 52.8 Å². The van der Waals surface area contributed by atoms with Gasteiger partial charge in [-0.1, -0.05) is 0 Å². The molecule has 34 valence electrons. The molecule has 0 saturated heterocycles. The van der Waals surface area contributed by atoms with Gasteiger partial charge < -0.3 is 5.84 Å². The van der Waals surface area contributed by atoms with Crippen LogP contribution in [0.1, 0.15) is 1.43 Å². The maximum atomic E-state index is 9.78. The minimum atomic E-state index is -0.519. The van der Waals surface area contributed by atoms with Crippen LogP contribution in [-0.2, 0) is 0 Å². The minimum Gasteiger partial charge on any atom is -1.00 e. The maximum absolute atomic E-state index is 9.78. The molecule has 0 spiro atoms. The molecule has 0 radical (unpaired) electrons. The van der Waals surface area contributed by atoms with Crippen molar-refractivity contribution in [2.75, 3.05) is 0 Å². The van der Waals surface area contributed by atoms with Crippen LogP contribution in [0.15, 0.2) is 15.6 Å². The molecule has 1 rings (SSSR count). The van der Waals surface area contributed by atoms with E-state index in [1.54, 1.807) is 0 Å². The summed E-state index contributed by atoms with van der Waals surface area (Å²) in [6, 6.07) is 0. The Labute approximate surface area is 83.2 Å². The van der Waals surface area contributed by atoms with Gasteiger partial charge in [0.05, 0.1) is 0 Å². The third kappa shape index (κ3) is 2.40. The molecule has 1 aromatic rings. The van der Waals surface area contributed by atoms with Crippen molar-refractivity contribution in [2.24, 2.45) is 0 Å². The summed E-state index contributed by atoms with van der Waals surface area (Å²) in [6.07, 6.45) is 1.04. The molecule has 0 aliphatic heterocycles. The number of hydrogen-bond acceptors (Lipinski definition) is 3. The van der Waals surface area contributed by atoms with Crippen LogP contribution in [0.2, 0.25) is 0 Å². The summed E-state index contributed by atoms with van der Waals surface area (Å²) >= 11 is 0. The molecule has 0 unspecified atom stereocenters. The standard InChI is InChI=1S/C2H2N2O2.K.H/c5-2-4-3-1-6-2;;/h1H,(H,4,5);;/q;+1;-1. The van der Waals surface area contributed by atoms with E-state index in [2.05, 4.69) is 9.52 Å². The van der Waals surface area contributed by atoms with Gasteiger partial charge in [0.1, 0.15) is 0 Å². The zero-order valence-electron chi connectivity index (χ0n) is 4.84. The number of nitrogens with zero attached hydrogens (tertiary/aromatic N) is 1. The quantitative estimate of drug-likeness (QED) is 0.367. The number of H-pyrrole nitrogens is 1. The van der Waals surface area contributed by atoms with Crippen molar-refractivity contribution >= 4 is 0 Å². The molecule has 0 fully saturated rings. The van der Waals surface area contributed by atoms with Gasteiger partial charge in [-0.15, -0.1) is 5.10 Å². The first-order valence-corrected chi connectivity index (χ1v) is 1.38. The van der Waals surface area contributed by atoms with Gasteiger partial charge in [0.25, 0.3) is 0 Å². The van der Waals surface area contributed by atoms with Gasteiger partial charge in [-0.25, -0.2) is 9.89 Å². The molecule has 4 nitrogen and oxygen atoms in total. The largest absolute Gasteiger partial charge is 1.00 e. The molecular formula is C2H3KN2O2. The number of aromatic nitrogens is 2. The minimum absolute atomic E-state index is 0. The molecule has 1 aromatic heterocycles. The van der Waals surface area contributed by atoms with Crippen LogP contribution in [0, 0.1) is 0 Å². The van der Waals surface area contributed by atoms with Crippen molar-refractivity contribution < 1.29 is 57.2 Å². The SMILES string of the molecule is O=c1[nH]nco1.[H-].[K+]. The van der Waals surface area contributed by atoms with Crippen LogP contribution in [0.4, 0.5) is 0 Å². The van der Waals surface area contributed by atoms with E-state index in [1.165, 1.54) is 0 Å². The van der Waals surface area contributed by atoms with Crippen molar-refractivity contribution in [3.8, 4) is 0 Å². The molecule has 0 bridgehead atoms. The first-order valence-electron chi connectivity index (χ1n) is 1.38. The van der Waals surface area contributed by atoms with Crippen molar-refractivity contribution in [3.05, 3.63) is 16.9 Å². The molecule has 7 heavy (non-hydrogen) atoms. The maximum Gasteiger partial charge on any atom is 1.00 e. The van der Waals surface area contributed by atoms with Gasteiger partial charge in [-0.2, -0.15) is 0 Å². The second-order valence-electron chi connectivity index (χ2n) is 0.752. The van der Waals surface area contributed by atoms with Crippen molar-refractivity contribution in [1.29, 1.82) is 0 Å². The van der Waals surface area contributed by atoms with Crippen LogP contribution in [0.25, 0.3) is 0 Å². The Kier molecular flexibility index (Phi) is 3.86. The van der Waals surface area contributed by atoms with Gasteiger partial charge in [-0.05, 0) is 0 Å². The number of aromatic amines is 1. The van der Waals surface area contributed by atoms with Crippen LogP contribution in [-0.4, -0.2) is 10.2 Å². The topological polar surface area (TPSA) is 58.9 Å². The summed E-state index contributed by atoms with van der Waals surface area (Å²) in [5.74, 6) is -0.519. The van der Waals surface area contributed by atoms with Gasteiger partial charge in [-0.3, -0.25) is 0 Å². The second-order valence-corrected chi connectivity index (χ2v) is 0.752. The fourth-order valence-electron chi connectivity index (χ4n) is 0.180. The summed E-state index contributed by atoms with van der Waals surface area (Å²) in [5, 5.41) is 5.25. The zero-order chi connectivity index (χ0) is 4.41. The molecule has 0 amide bonds. The van der Waals surface area contributed by atoms with E-state index in [4.69, 9.17) is 0 Å². The summed E-state index contributed by atoms with van der Waals surface area (Å²) < 4.78 is 4.11. The Hall–Kier alpha value is 0.576. The molecule has 0 saturated carbocycles. The Morgan fingerprint density at radius 2 is 2.71 bits per heavy atom. The number of rotatable bonds is 0. The fourth-order valence-corrected chi connectivity index (χ4v) is 0.180. The van der Waals surface area contributed by atoms with Crippen LogP contribution < -0.4 is 57.1 Å². The fraction of sp³-hybridized carbons (Fsp3) is 0. The summed E-state index contributed by atoms with van der Waals surface area (Å²) in [6.45, 7) is 0. The van der Waals surface area contributed by atoms with Gasteiger partial charge >= 0.3 is 57.1 Å². The van der Waals surface area contributed by atoms with Gasteiger partial charge in [0.15, 0.2) is 0 Å². The van der Waals surface area contributed by atoms with E-state index in [0.717, 1.165) is 6.39 Å². The monoisotopic (exact) mass is 126 g/mol. The predicted molar refractivity (Wildman–Crippen MR) is 18.2 cm³/mol. The van der Waals surface area contributed by atoms with E-state index < -0.39 is 5.76 Å². The van der Waals surface area contributed by atoms with Gasteiger partial charge in [0, 0.05) is 0 Å². The van der Waals surface area contributed by atoms with Crippen molar-refractivity contribution in [3.63, 3.8) is 0 Å². The van der Waals surface area contributed by atoms with Crippen molar-refractivity contribution in [1.82, 2.24) is 10.2 Å². The average molecular weight is 126 g/mol. The summed E-state index contributed by atoms with van der Waals surface area (Å²) in [4.78, 5) is 9.78. The molecule has 0 atom stereocenters.